The maximum absolute atomic E-state index is 12.9. The second kappa shape index (κ2) is 9.31. The number of nitrogens with zero attached hydrogens (tertiary/aromatic N) is 3. The van der Waals surface area contributed by atoms with Crippen molar-refractivity contribution in [3.8, 4) is 11.6 Å². The van der Waals surface area contributed by atoms with Crippen LogP contribution in [0.3, 0.4) is 0 Å². The van der Waals surface area contributed by atoms with E-state index in [4.69, 9.17) is 14.3 Å². The Morgan fingerprint density at radius 3 is 2.63 bits per heavy atom. The van der Waals surface area contributed by atoms with Crippen molar-refractivity contribution < 1.29 is 27.5 Å². The zero-order chi connectivity index (χ0) is 21.6. The van der Waals surface area contributed by atoms with Crippen molar-refractivity contribution >= 4 is 11.5 Å². The molecule has 0 atom stereocenters. The fraction of sp³-hybridized carbons (Fsp3) is 0.278. The van der Waals surface area contributed by atoms with Crippen LogP contribution < -0.4 is 26.0 Å². The van der Waals surface area contributed by atoms with E-state index in [0.717, 1.165) is 6.07 Å². The highest BCUT2D eigenvalue weighted by atomic mass is 19.4. The summed E-state index contributed by atoms with van der Waals surface area (Å²) in [7, 11) is 1.18. The third-order valence-corrected chi connectivity index (χ3v) is 3.97. The maximum Gasteiger partial charge on any atom is 0.419 e. The Hall–Kier alpha value is -3.54. The number of hydrogen-bond donors (Lipinski definition) is 3. The highest BCUT2D eigenvalue weighted by Crippen LogP contribution is 2.36. The number of halogens is 3. The number of hydrazine groups is 2. The fourth-order valence-corrected chi connectivity index (χ4v) is 2.43. The molecule has 0 amide bonds. The van der Waals surface area contributed by atoms with Gasteiger partial charge in [0.25, 0.3) is 0 Å². The first-order chi connectivity index (χ1) is 14.4. The molecule has 160 valence electrons. The molecule has 0 fully saturated rings. The number of pyridine rings is 1. The van der Waals surface area contributed by atoms with Gasteiger partial charge in [-0.05, 0) is 30.7 Å². The van der Waals surface area contributed by atoms with Gasteiger partial charge in [-0.1, -0.05) is 11.2 Å². The number of hydrogen-bond acceptors (Lipinski definition) is 9. The lowest BCUT2D eigenvalue weighted by atomic mass is 10.1. The van der Waals surface area contributed by atoms with Crippen LogP contribution in [0.25, 0.3) is 0 Å². The van der Waals surface area contributed by atoms with Gasteiger partial charge in [0.1, 0.15) is 12.4 Å². The molecule has 30 heavy (non-hydrogen) atoms. The molecule has 0 saturated heterocycles. The Bertz CT molecular complexity index is 932. The first-order valence-corrected chi connectivity index (χ1v) is 8.69. The molecular formula is C18H19F3N6O3. The second-order valence-corrected chi connectivity index (χ2v) is 6.08. The highest BCUT2D eigenvalue weighted by Gasteiger charge is 2.34. The van der Waals surface area contributed by atoms with Crippen LogP contribution in [-0.2, 0) is 17.6 Å². The topological polar surface area (TPSA) is 101 Å². The van der Waals surface area contributed by atoms with E-state index in [1.807, 2.05) is 0 Å². The molecule has 1 aliphatic rings. The monoisotopic (exact) mass is 424 g/mol. The van der Waals surface area contributed by atoms with Gasteiger partial charge in [0.2, 0.25) is 5.88 Å². The molecular weight excluding hydrogens is 405 g/mol. The minimum absolute atomic E-state index is 0.0162. The van der Waals surface area contributed by atoms with E-state index >= 15 is 0 Å². The lowest BCUT2D eigenvalue weighted by molar-refractivity contribution is -0.138. The first-order valence-electron chi connectivity index (χ1n) is 8.69. The molecule has 1 aromatic heterocycles. The Balaban J connectivity index is 1.55. The lowest BCUT2D eigenvalue weighted by Gasteiger charge is -2.13. The van der Waals surface area contributed by atoms with Crippen LogP contribution in [0.1, 0.15) is 23.6 Å². The quantitative estimate of drug-likeness (QED) is 0.442. The van der Waals surface area contributed by atoms with Crippen molar-refractivity contribution in [2.45, 2.75) is 19.7 Å². The molecule has 3 rings (SSSR count). The van der Waals surface area contributed by atoms with Crippen molar-refractivity contribution in [2.24, 2.45) is 10.3 Å². The Labute approximate surface area is 169 Å². The van der Waals surface area contributed by atoms with Gasteiger partial charge >= 0.3 is 6.18 Å². The van der Waals surface area contributed by atoms with Gasteiger partial charge < -0.3 is 14.3 Å². The van der Waals surface area contributed by atoms with Crippen LogP contribution in [0.4, 0.5) is 13.2 Å². The zero-order valence-electron chi connectivity index (χ0n) is 16.1. The van der Waals surface area contributed by atoms with Gasteiger partial charge in [-0.25, -0.2) is 10.5 Å². The summed E-state index contributed by atoms with van der Waals surface area (Å²) in [6.45, 7) is 1.91. The number of nitrogens with one attached hydrogen (secondary N) is 3. The second-order valence-electron chi connectivity index (χ2n) is 6.08. The highest BCUT2D eigenvalue weighted by molar-refractivity contribution is 5.98. The van der Waals surface area contributed by atoms with E-state index in [9.17, 15) is 13.2 Å². The van der Waals surface area contributed by atoms with Gasteiger partial charge in [0, 0.05) is 17.8 Å². The number of oxime groups is 1. The van der Waals surface area contributed by atoms with E-state index < -0.39 is 11.7 Å². The van der Waals surface area contributed by atoms with Gasteiger partial charge in [-0.3, -0.25) is 5.43 Å². The summed E-state index contributed by atoms with van der Waals surface area (Å²) >= 11 is 0. The standard InChI is InChI=1S/C18H19F3N6O3/c1-11(13-4-6-17(22-8-13)29-10-16-23-26-27-24-16)25-30-9-12-3-5-14(18(19,20)21)15(7-12)28-2/h3-8,26-27H,9-10H2,1-2H3,(H,23,24)/b25-11+. The largest absolute Gasteiger partial charge is 0.496 e. The van der Waals surface area contributed by atoms with E-state index in [1.54, 1.807) is 25.3 Å². The summed E-state index contributed by atoms with van der Waals surface area (Å²) in [6.07, 6.45) is -2.92. The number of rotatable bonds is 8. The average molecular weight is 424 g/mol. The summed E-state index contributed by atoms with van der Waals surface area (Å²) in [5.41, 5.74) is 8.75. The number of methoxy groups -OCH3 is 1. The Kier molecular flexibility index (Phi) is 6.57. The van der Waals surface area contributed by atoms with Crippen molar-refractivity contribution in [3.05, 3.63) is 53.2 Å². The zero-order valence-corrected chi connectivity index (χ0v) is 16.1. The molecule has 9 nitrogen and oxygen atoms in total. The molecule has 2 aromatic rings. The molecule has 1 aliphatic heterocycles. The van der Waals surface area contributed by atoms with Crippen LogP contribution >= 0.6 is 0 Å². The third-order valence-electron chi connectivity index (χ3n) is 3.97. The SMILES string of the molecule is COc1cc(CO/N=C(\C)c2ccc(OCC3=NNNN3)nc2)ccc1C(F)(F)F. The summed E-state index contributed by atoms with van der Waals surface area (Å²) in [5.74, 6) is 0.710. The molecule has 2 heterocycles. The number of hydrazone groups is 1. The fourth-order valence-electron chi connectivity index (χ4n) is 2.43. The molecule has 0 spiro atoms. The minimum Gasteiger partial charge on any atom is -0.496 e. The molecule has 12 heteroatoms. The molecule has 0 saturated carbocycles. The van der Waals surface area contributed by atoms with Crippen LogP contribution in [-0.4, -0.2) is 30.2 Å². The van der Waals surface area contributed by atoms with E-state index in [2.05, 4.69) is 31.7 Å². The minimum atomic E-state index is -4.49. The van der Waals surface area contributed by atoms with Crippen LogP contribution in [0.15, 0.2) is 46.8 Å². The predicted molar refractivity (Wildman–Crippen MR) is 102 cm³/mol. The lowest BCUT2D eigenvalue weighted by Crippen LogP contribution is -2.37. The van der Waals surface area contributed by atoms with Gasteiger partial charge in [0.15, 0.2) is 12.4 Å². The maximum atomic E-state index is 12.9. The van der Waals surface area contributed by atoms with Crippen LogP contribution in [0.2, 0.25) is 0 Å². The number of amidine groups is 1. The van der Waals surface area contributed by atoms with E-state index in [-0.39, 0.29) is 19.0 Å². The van der Waals surface area contributed by atoms with E-state index in [1.165, 1.54) is 19.2 Å². The molecule has 0 unspecified atom stereocenters. The smallest absolute Gasteiger partial charge is 0.419 e. The number of benzene rings is 1. The van der Waals surface area contributed by atoms with Gasteiger partial charge in [0.05, 0.1) is 18.4 Å². The van der Waals surface area contributed by atoms with E-state index in [0.29, 0.717) is 28.6 Å². The van der Waals surface area contributed by atoms with Crippen molar-refractivity contribution in [1.29, 1.82) is 0 Å². The molecule has 0 radical (unpaired) electrons. The number of aromatic nitrogens is 1. The van der Waals surface area contributed by atoms with Gasteiger partial charge in [-0.15, -0.1) is 10.6 Å². The summed E-state index contributed by atoms with van der Waals surface area (Å²) < 4.78 is 49.0. The Morgan fingerprint density at radius 2 is 2.00 bits per heavy atom. The summed E-state index contributed by atoms with van der Waals surface area (Å²) in [4.78, 5) is 9.44. The molecule has 0 aliphatic carbocycles. The van der Waals surface area contributed by atoms with Crippen LogP contribution in [0, 0.1) is 0 Å². The van der Waals surface area contributed by atoms with Crippen molar-refractivity contribution in [1.82, 2.24) is 21.5 Å². The normalized spacial score (nSPS) is 13.9. The number of ether oxygens (including phenoxy) is 2. The van der Waals surface area contributed by atoms with Crippen molar-refractivity contribution in [2.75, 3.05) is 13.7 Å². The third kappa shape index (κ3) is 5.50. The van der Waals surface area contributed by atoms with Crippen LogP contribution in [0.5, 0.6) is 11.6 Å². The molecule has 1 aromatic carbocycles. The Morgan fingerprint density at radius 1 is 1.17 bits per heavy atom. The summed E-state index contributed by atoms with van der Waals surface area (Å²) in [5, 5.41) is 7.86. The molecule has 0 bridgehead atoms. The molecule has 3 N–H and O–H groups in total. The average Bonchev–Trinajstić information content (AvgIpc) is 3.25. The first kappa shape index (κ1) is 21.2. The number of alkyl halides is 3. The summed E-state index contributed by atoms with van der Waals surface area (Å²) in [6, 6.07) is 6.97. The van der Waals surface area contributed by atoms with Crippen molar-refractivity contribution in [3.63, 3.8) is 0 Å². The predicted octanol–water partition coefficient (Wildman–Crippen LogP) is 2.35. The van der Waals surface area contributed by atoms with Gasteiger partial charge in [-0.2, -0.15) is 13.2 Å².